The zero-order chi connectivity index (χ0) is 16.5. The fraction of sp³-hybridized carbons (Fsp3) is 0.846. The van der Waals surface area contributed by atoms with Crippen LogP contribution in [0.3, 0.4) is 0 Å². The number of carbonyl (C=O) groups excluding carboxylic acids is 1. The second kappa shape index (κ2) is 10.2. The van der Waals surface area contributed by atoms with Gasteiger partial charge in [-0.05, 0) is 12.8 Å². The summed E-state index contributed by atoms with van der Waals surface area (Å²) >= 11 is 0. The fourth-order valence-electron chi connectivity index (χ4n) is 1.58. The van der Waals surface area contributed by atoms with Crippen LogP contribution in [0.1, 0.15) is 26.7 Å². The third-order valence-corrected chi connectivity index (χ3v) is 3.37. The molecule has 0 aliphatic rings. The summed E-state index contributed by atoms with van der Waals surface area (Å²) in [5.41, 5.74) is 0. The van der Waals surface area contributed by atoms with Crippen molar-refractivity contribution in [3.05, 3.63) is 6.92 Å². The van der Waals surface area contributed by atoms with E-state index < -0.39 is 16.1 Å². The Bertz CT molecular complexity index is 397. The highest BCUT2D eigenvalue weighted by Gasteiger charge is 2.21. The number of Topliss-reactive ketones (excluding diaryl/α,β-unsaturated/α-hetero) is 1. The molecule has 21 heavy (non-hydrogen) atoms. The van der Waals surface area contributed by atoms with E-state index in [0.717, 1.165) is 6.26 Å². The number of nitrogens with zero attached hydrogens (tertiary/aromatic N) is 1. The third-order valence-electron chi connectivity index (χ3n) is 2.64. The lowest BCUT2D eigenvalue weighted by molar-refractivity contribution is -0.176. The topological polar surface area (TPSA) is 95.9 Å². The largest absolute Gasteiger partial charge is 0.384 e. The van der Waals surface area contributed by atoms with Gasteiger partial charge in [0.15, 0.2) is 5.78 Å². The van der Waals surface area contributed by atoms with Crippen molar-refractivity contribution >= 4 is 15.8 Å². The third kappa shape index (κ3) is 10.8. The molecule has 0 saturated heterocycles. The molecular formula is C13H27N2O5S. The SMILES string of the molecule is [CH2]CCN(CC(O)C(=O)C(C)C)OCCCNS(C)(=O)=O. The van der Waals surface area contributed by atoms with E-state index >= 15 is 0 Å². The molecule has 0 rings (SSSR count). The second-order valence-electron chi connectivity index (χ2n) is 5.17. The standard InChI is InChI=1S/C13H27N2O5S/c1-5-8-15(10-12(16)13(17)11(2)3)20-9-6-7-14-21(4,18)19/h11-12,14,16H,1,5-10H2,2-4H3. The smallest absolute Gasteiger partial charge is 0.208 e. The van der Waals surface area contributed by atoms with Gasteiger partial charge in [0.05, 0.1) is 19.4 Å². The summed E-state index contributed by atoms with van der Waals surface area (Å²) < 4.78 is 24.1. The van der Waals surface area contributed by atoms with Gasteiger partial charge in [-0.3, -0.25) is 9.63 Å². The fourth-order valence-corrected chi connectivity index (χ4v) is 2.09. The molecule has 0 aliphatic carbocycles. The molecule has 125 valence electrons. The molecular weight excluding hydrogens is 296 g/mol. The number of carbonyl (C=O) groups is 1. The molecule has 0 spiro atoms. The Hall–Kier alpha value is -0.540. The van der Waals surface area contributed by atoms with Crippen LogP contribution in [0.4, 0.5) is 0 Å². The Kier molecular flexibility index (Phi) is 9.97. The Balaban J connectivity index is 4.10. The minimum Gasteiger partial charge on any atom is -0.384 e. The molecule has 7 nitrogen and oxygen atoms in total. The first-order valence-electron chi connectivity index (χ1n) is 7.01. The van der Waals surface area contributed by atoms with Gasteiger partial charge in [-0.15, -0.1) is 0 Å². The summed E-state index contributed by atoms with van der Waals surface area (Å²) in [6.07, 6.45) is 1.07. The van der Waals surface area contributed by atoms with Crippen molar-refractivity contribution in [2.24, 2.45) is 5.92 Å². The highest BCUT2D eigenvalue weighted by atomic mass is 32.2. The highest BCUT2D eigenvalue weighted by molar-refractivity contribution is 7.88. The van der Waals surface area contributed by atoms with Gasteiger partial charge in [0, 0.05) is 19.0 Å². The Morgan fingerprint density at radius 2 is 2.05 bits per heavy atom. The maximum absolute atomic E-state index is 11.6. The van der Waals surface area contributed by atoms with Crippen LogP contribution in [-0.2, 0) is 19.7 Å². The van der Waals surface area contributed by atoms with Crippen LogP contribution in [0.15, 0.2) is 0 Å². The van der Waals surface area contributed by atoms with Gasteiger partial charge in [0.2, 0.25) is 10.0 Å². The zero-order valence-corrected chi connectivity index (χ0v) is 13.9. The monoisotopic (exact) mass is 323 g/mol. The molecule has 0 bridgehead atoms. The van der Waals surface area contributed by atoms with Crippen LogP contribution in [0.5, 0.6) is 0 Å². The quantitative estimate of drug-likeness (QED) is 0.387. The minimum atomic E-state index is -3.19. The van der Waals surface area contributed by atoms with Crippen LogP contribution in [0, 0.1) is 12.8 Å². The molecule has 0 aromatic carbocycles. The maximum atomic E-state index is 11.6. The first kappa shape index (κ1) is 20.5. The van der Waals surface area contributed by atoms with Gasteiger partial charge in [0.25, 0.3) is 0 Å². The van der Waals surface area contributed by atoms with Crippen molar-refractivity contribution < 1.29 is 23.2 Å². The summed E-state index contributed by atoms with van der Waals surface area (Å²) in [7, 11) is -3.19. The van der Waals surface area contributed by atoms with E-state index in [2.05, 4.69) is 11.6 Å². The lowest BCUT2D eigenvalue weighted by atomic mass is 10.0. The van der Waals surface area contributed by atoms with Gasteiger partial charge in [0.1, 0.15) is 6.10 Å². The summed E-state index contributed by atoms with van der Waals surface area (Å²) in [5.74, 6) is -0.466. The molecule has 0 aromatic rings. The molecule has 0 amide bonds. The second-order valence-corrected chi connectivity index (χ2v) is 7.00. The molecule has 2 N–H and O–H groups in total. The van der Waals surface area contributed by atoms with Gasteiger partial charge in [-0.1, -0.05) is 20.8 Å². The molecule has 0 aliphatic heterocycles. The van der Waals surface area contributed by atoms with Crippen molar-refractivity contribution in [1.82, 2.24) is 9.79 Å². The number of sulfonamides is 1. The Labute approximate surface area is 127 Å². The lowest BCUT2D eigenvalue weighted by Gasteiger charge is -2.24. The van der Waals surface area contributed by atoms with E-state index in [1.807, 2.05) is 0 Å². The van der Waals surface area contributed by atoms with Crippen molar-refractivity contribution in [3.8, 4) is 0 Å². The van der Waals surface area contributed by atoms with E-state index in [1.54, 1.807) is 13.8 Å². The number of nitrogens with one attached hydrogen (secondary N) is 1. The predicted octanol–water partition coefficient (Wildman–Crippen LogP) is -0.0305. The molecule has 8 heteroatoms. The van der Waals surface area contributed by atoms with Crippen LogP contribution in [0.2, 0.25) is 0 Å². The van der Waals surface area contributed by atoms with E-state index in [4.69, 9.17) is 4.84 Å². The average molecular weight is 323 g/mol. The van der Waals surface area contributed by atoms with E-state index in [1.165, 1.54) is 5.06 Å². The number of aliphatic hydroxyl groups is 1. The summed E-state index contributed by atoms with van der Waals surface area (Å²) in [6.45, 7) is 8.33. The molecule has 1 unspecified atom stereocenters. The average Bonchev–Trinajstić information content (AvgIpc) is 2.35. The Morgan fingerprint density at radius 3 is 2.52 bits per heavy atom. The molecule has 0 saturated carbocycles. The number of hydrogen-bond acceptors (Lipinski definition) is 6. The molecule has 0 heterocycles. The van der Waals surface area contributed by atoms with Gasteiger partial charge in [-0.2, -0.15) is 5.06 Å². The molecule has 0 aromatic heterocycles. The number of rotatable bonds is 12. The van der Waals surface area contributed by atoms with Crippen LogP contribution >= 0.6 is 0 Å². The van der Waals surface area contributed by atoms with Crippen molar-refractivity contribution in [3.63, 3.8) is 0 Å². The maximum Gasteiger partial charge on any atom is 0.208 e. The van der Waals surface area contributed by atoms with Crippen molar-refractivity contribution in [1.29, 1.82) is 0 Å². The zero-order valence-electron chi connectivity index (χ0n) is 13.0. The minimum absolute atomic E-state index is 0.0893. The van der Waals surface area contributed by atoms with Gasteiger partial charge < -0.3 is 5.11 Å². The Morgan fingerprint density at radius 1 is 1.43 bits per heavy atom. The van der Waals surface area contributed by atoms with Crippen LogP contribution in [-0.4, -0.2) is 63.0 Å². The molecule has 1 atom stereocenters. The molecule has 1 radical (unpaired) electrons. The van der Waals surface area contributed by atoms with Crippen molar-refractivity contribution in [2.75, 3.05) is 32.5 Å². The van der Waals surface area contributed by atoms with E-state index in [0.29, 0.717) is 26.0 Å². The molecule has 0 fully saturated rings. The summed E-state index contributed by atoms with van der Waals surface area (Å²) in [6, 6.07) is 0. The number of aliphatic hydroxyl groups excluding tert-OH is 1. The van der Waals surface area contributed by atoms with E-state index in [9.17, 15) is 18.3 Å². The number of ketones is 1. The lowest BCUT2D eigenvalue weighted by Crippen LogP contribution is -2.39. The number of hydroxylamine groups is 2. The highest BCUT2D eigenvalue weighted by Crippen LogP contribution is 2.04. The first-order chi connectivity index (χ1) is 9.67. The van der Waals surface area contributed by atoms with Crippen molar-refractivity contribution in [2.45, 2.75) is 32.8 Å². The summed E-state index contributed by atoms with van der Waals surface area (Å²) in [5, 5.41) is 11.3. The first-order valence-corrected chi connectivity index (χ1v) is 8.90. The normalized spacial score (nSPS) is 13.9. The summed E-state index contributed by atoms with van der Waals surface area (Å²) in [4.78, 5) is 17.1. The van der Waals surface area contributed by atoms with E-state index in [-0.39, 0.29) is 24.8 Å². The number of hydrogen-bond donors (Lipinski definition) is 2. The van der Waals surface area contributed by atoms with Crippen LogP contribution in [0.25, 0.3) is 0 Å². The predicted molar refractivity (Wildman–Crippen MR) is 80.8 cm³/mol. The van der Waals surface area contributed by atoms with Crippen LogP contribution < -0.4 is 4.72 Å². The van der Waals surface area contributed by atoms with Gasteiger partial charge in [-0.25, -0.2) is 13.1 Å². The van der Waals surface area contributed by atoms with Gasteiger partial charge >= 0.3 is 0 Å².